The van der Waals surface area contributed by atoms with Crippen LogP contribution < -0.4 is 20.1 Å². The first-order valence-electron chi connectivity index (χ1n) is 8.06. The number of halogens is 1. The van der Waals surface area contributed by atoms with Crippen molar-refractivity contribution in [3.8, 4) is 11.5 Å². The average Bonchev–Trinajstić information content (AvgIpc) is 2.55. The Morgan fingerprint density at radius 3 is 2.84 bits per heavy atom. The van der Waals surface area contributed by atoms with Crippen molar-refractivity contribution in [2.45, 2.75) is 31.9 Å². The standard InChI is InChI=1S/C19H21BrN2O2S/c1-19(2)11-16(15-9-12(20)7-8-17(15)24-19)22-18(25)21-13-5-4-6-14(10-13)23-3/h4-10,16H,11H2,1-3H3,(H2,21,22,25)/t16-/m1/s1. The molecule has 1 atom stereocenters. The smallest absolute Gasteiger partial charge is 0.171 e. The number of rotatable bonds is 3. The van der Waals surface area contributed by atoms with Gasteiger partial charge in [0.25, 0.3) is 0 Å². The summed E-state index contributed by atoms with van der Waals surface area (Å²) in [7, 11) is 1.65. The van der Waals surface area contributed by atoms with E-state index >= 15 is 0 Å². The molecule has 0 amide bonds. The maximum Gasteiger partial charge on any atom is 0.171 e. The van der Waals surface area contributed by atoms with Crippen molar-refractivity contribution in [2.24, 2.45) is 0 Å². The molecule has 25 heavy (non-hydrogen) atoms. The van der Waals surface area contributed by atoms with Crippen molar-refractivity contribution in [3.05, 3.63) is 52.5 Å². The van der Waals surface area contributed by atoms with Gasteiger partial charge in [-0.05, 0) is 56.4 Å². The highest BCUT2D eigenvalue weighted by Crippen LogP contribution is 2.40. The first kappa shape index (κ1) is 18.0. The molecule has 0 radical (unpaired) electrons. The molecule has 2 aromatic rings. The maximum atomic E-state index is 6.09. The lowest BCUT2D eigenvalue weighted by Gasteiger charge is -2.38. The van der Waals surface area contributed by atoms with Gasteiger partial charge >= 0.3 is 0 Å². The van der Waals surface area contributed by atoms with E-state index in [1.807, 2.05) is 36.4 Å². The molecule has 0 spiro atoms. The molecule has 0 bridgehead atoms. The molecule has 0 aliphatic carbocycles. The molecule has 0 aromatic heterocycles. The van der Waals surface area contributed by atoms with Crippen molar-refractivity contribution in [2.75, 3.05) is 12.4 Å². The highest BCUT2D eigenvalue weighted by molar-refractivity contribution is 9.10. The van der Waals surface area contributed by atoms with Gasteiger partial charge in [0.2, 0.25) is 0 Å². The second-order valence-electron chi connectivity index (χ2n) is 6.63. The van der Waals surface area contributed by atoms with Crippen molar-refractivity contribution in [3.63, 3.8) is 0 Å². The molecule has 0 saturated carbocycles. The summed E-state index contributed by atoms with van der Waals surface area (Å²) in [5.74, 6) is 1.68. The molecule has 6 heteroatoms. The van der Waals surface area contributed by atoms with Crippen LogP contribution in [0.15, 0.2) is 46.9 Å². The van der Waals surface area contributed by atoms with Gasteiger partial charge in [-0.1, -0.05) is 22.0 Å². The van der Waals surface area contributed by atoms with Gasteiger partial charge in [-0.2, -0.15) is 0 Å². The van der Waals surface area contributed by atoms with Crippen LogP contribution in [0.1, 0.15) is 31.9 Å². The molecule has 0 fully saturated rings. The first-order chi connectivity index (χ1) is 11.9. The van der Waals surface area contributed by atoms with E-state index in [0.717, 1.165) is 33.6 Å². The van der Waals surface area contributed by atoms with Crippen LogP contribution in [-0.4, -0.2) is 17.8 Å². The summed E-state index contributed by atoms with van der Waals surface area (Å²) in [6.45, 7) is 4.18. The number of benzene rings is 2. The summed E-state index contributed by atoms with van der Waals surface area (Å²) in [5, 5.41) is 7.22. The summed E-state index contributed by atoms with van der Waals surface area (Å²) in [4.78, 5) is 0. The summed E-state index contributed by atoms with van der Waals surface area (Å²) in [6.07, 6.45) is 0.816. The van der Waals surface area contributed by atoms with Crippen LogP contribution in [0.4, 0.5) is 5.69 Å². The van der Waals surface area contributed by atoms with E-state index in [0.29, 0.717) is 5.11 Å². The van der Waals surface area contributed by atoms with Crippen LogP contribution in [0.2, 0.25) is 0 Å². The van der Waals surface area contributed by atoms with E-state index in [1.54, 1.807) is 7.11 Å². The average molecular weight is 421 g/mol. The molecule has 1 aliphatic heterocycles. The fraction of sp³-hybridized carbons (Fsp3) is 0.316. The minimum atomic E-state index is -0.260. The van der Waals surface area contributed by atoms with Crippen LogP contribution in [0.25, 0.3) is 0 Å². The molecule has 1 aliphatic rings. The Labute approximate surface area is 162 Å². The molecule has 2 aromatic carbocycles. The first-order valence-corrected chi connectivity index (χ1v) is 9.26. The number of nitrogens with one attached hydrogen (secondary N) is 2. The second kappa shape index (κ2) is 7.22. The number of hydrogen-bond acceptors (Lipinski definition) is 3. The van der Waals surface area contributed by atoms with Crippen molar-refractivity contribution in [1.29, 1.82) is 0 Å². The van der Waals surface area contributed by atoms with E-state index in [4.69, 9.17) is 21.7 Å². The van der Waals surface area contributed by atoms with Crippen molar-refractivity contribution >= 4 is 38.9 Å². The van der Waals surface area contributed by atoms with Gasteiger partial charge in [0.15, 0.2) is 5.11 Å². The lowest BCUT2D eigenvalue weighted by Crippen LogP contribution is -2.42. The zero-order valence-corrected chi connectivity index (χ0v) is 16.8. The van der Waals surface area contributed by atoms with Crippen LogP contribution in [-0.2, 0) is 0 Å². The number of ether oxygens (including phenoxy) is 2. The van der Waals surface area contributed by atoms with Crippen LogP contribution in [0.5, 0.6) is 11.5 Å². The van der Waals surface area contributed by atoms with E-state index in [1.165, 1.54) is 0 Å². The number of thiocarbonyl (C=S) groups is 1. The lowest BCUT2D eigenvalue weighted by molar-refractivity contribution is 0.0696. The second-order valence-corrected chi connectivity index (χ2v) is 7.95. The van der Waals surface area contributed by atoms with Crippen molar-refractivity contribution < 1.29 is 9.47 Å². The zero-order valence-electron chi connectivity index (χ0n) is 14.4. The molecule has 1 heterocycles. The predicted octanol–water partition coefficient (Wildman–Crippen LogP) is 5.05. The van der Waals surface area contributed by atoms with Gasteiger partial charge in [-0.15, -0.1) is 0 Å². The molecule has 0 saturated heterocycles. The Hall–Kier alpha value is -1.79. The Morgan fingerprint density at radius 1 is 1.28 bits per heavy atom. The van der Waals surface area contributed by atoms with Crippen molar-refractivity contribution in [1.82, 2.24) is 5.32 Å². The Morgan fingerprint density at radius 2 is 2.08 bits per heavy atom. The number of hydrogen-bond donors (Lipinski definition) is 2. The molecule has 132 valence electrons. The Bertz CT molecular complexity index is 795. The topological polar surface area (TPSA) is 42.5 Å². The molecule has 0 unspecified atom stereocenters. The highest BCUT2D eigenvalue weighted by atomic mass is 79.9. The zero-order chi connectivity index (χ0) is 18.0. The largest absolute Gasteiger partial charge is 0.497 e. The van der Waals surface area contributed by atoms with E-state index < -0.39 is 0 Å². The van der Waals surface area contributed by atoms with Crippen LogP contribution in [0, 0.1) is 0 Å². The third-order valence-corrected chi connectivity index (χ3v) is 4.78. The SMILES string of the molecule is COc1cccc(NC(=S)N[C@@H]2CC(C)(C)Oc3ccc(Br)cc32)c1. The molecular weight excluding hydrogens is 400 g/mol. The van der Waals surface area contributed by atoms with Gasteiger partial charge < -0.3 is 20.1 Å². The molecule has 2 N–H and O–H groups in total. The molecular formula is C19H21BrN2O2S. The number of methoxy groups -OCH3 is 1. The van der Waals surface area contributed by atoms with Crippen LogP contribution >= 0.6 is 28.1 Å². The van der Waals surface area contributed by atoms with E-state index in [9.17, 15) is 0 Å². The minimum Gasteiger partial charge on any atom is -0.497 e. The quantitative estimate of drug-likeness (QED) is 0.680. The summed E-state index contributed by atoms with van der Waals surface area (Å²) in [5.41, 5.74) is 1.73. The lowest BCUT2D eigenvalue weighted by atomic mass is 9.90. The van der Waals surface area contributed by atoms with E-state index in [2.05, 4.69) is 46.5 Å². The number of fused-ring (bicyclic) bond motifs is 1. The normalized spacial score (nSPS) is 17.8. The van der Waals surface area contributed by atoms with Crippen LogP contribution in [0.3, 0.4) is 0 Å². The number of anilines is 1. The summed E-state index contributed by atoms with van der Waals surface area (Å²) < 4.78 is 12.4. The van der Waals surface area contributed by atoms with E-state index in [-0.39, 0.29) is 11.6 Å². The highest BCUT2D eigenvalue weighted by Gasteiger charge is 2.34. The third-order valence-electron chi connectivity index (χ3n) is 4.06. The summed E-state index contributed by atoms with van der Waals surface area (Å²) >= 11 is 9.05. The Balaban J connectivity index is 1.77. The van der Waals surface area contributed by atoms with Gasteiger partial charge in [-0.3, -0.25) is 0 Å². The van der Waals surface area contributed by atoms with Gasteiger partial charge in [-0.25, -0.2) is 0 Å². The Kier molecular flexibility index (Phi) is 5.20. The molecule has 3 rings (SSSR count). The third kappa shape index (κ3) is 4.44. The monoisotopic (exact) mass is 420 g/mol. The fourth-order valence-electron chi connectivity index (χ4n) is 2.98. The molecule has 4 nitrogen and oxygen atoms in total. The predicted molar refractivity (Wildman–Crippen MR) is 109 cm³/mol. The minimum absolute atomic E-state index is 0.0712. The maximum absolute atomic E-state index is 6.09. The van der Waals surface area contributed by atoms with Gasteiger partial charge in [0.05, 0.1) is 13.2 Å². The fourth-order valence-corrected chi connectivity index (χ4v) is 3.62. The summed E-state index contributed by atoms with van der Waals surface area (Å²) in [6, 6.07) is 13.8. The van der Waals surface area contributed by atoms with Gasteiger partial charge in [0.1, 0.15) is 17.1 Å². The van der Waals surface area contributed by atoms with Gasteiger partial charge in [0, 0.05) is 28.2 Å².